The highest BCUT2D eigenvalue weighted by atomic mass is 15.2. The molecule has 0 radical (unpaired) electrons. The Morgan fingerprint density at radius 3 is 2.68 bits per heavy atom. The maximum absolute atomic E-state index is 4.15. The van der Waals surface area contributed by atoms with Gasteiger partial charge >= 0.3 is 0 Å². The van der Waals surface area contributed by atoms with E-state index in [1.54, 1.807) is 7.05 Å². The molecule has 0 aliphatic carbocycles. The zero-order chi connectivity index (χ0) is 13.5. The molecule has 0 atom stereocenters. The number of aliphatic imine (C=N–C) groups is 1. The molecule has 98 valence electrons. The summed E-state index contributed by atoms with van der Waals surface area (Å²) in [6.07, 6.45) is 1.81. The first-order chi connectivity index (χ1) is 9.33. The molecule has 3 nitrogen and oxygen atoms in total. The van der Waals surface area contributed by atoms with Gasteiger partial charge in [-0.15, -0.1) is 6.58 Å². The lowest BCUT2D eigenvalue weighted by Crippen LogP contribution is -2.36. The zero-order valence-corrected chi connectivity index (χ0v) is 11.2. The van der Waals surface area contributed by atoms with E-state index in [0.29, 0.717) is 6.54 Å². The molecule has 2 aromatic rings. The van der Waals surface area contributed by atoms with Gasteiger partial charge in [-0.2, -0.15) is 0 Å². The first kappa shape index (κ1) is 13.1. The number of hydrogen-bond donors (Lipinski definition) is 2. The van der Waals surface area contributed by atoms with Crippen LogP contribution in [0.4, 0.5) is 0 Å². The van der Waals surface area contributed by atoms with Crippen molar-refractivity contribution in [2.24, 2.45) is 4.99 Å². The lowest BCUT2D eigenvalue weighted by atomic mass is 10.1. The molecule has 0 fully saturated rings. The number of hydrogen-bond acceptors (Lipinski definition) is 1. The molecule has 3 heteroatoms. The van der Waals surface area contributed by atoms with Crippen molar-refractivity contribution in [2.75, 3.05) is 13.6 Å². The van der Waals surface area contributed by atoms with Gasteiger partial charge in [0.25, 0.3) is 0 Å². The summed E-state index contributed by atoms with van der Waals surface area (Å²) in [7, 11) is 1.76. The van der Waals surface area contributed by atoms with Gasteiger partial charge < -0.3 is 10.6 Å². The summed E-state index contributed by atoms with van der Waals surface area (Å²) in [5, 5.41) is 8.95. The quantitative estimate of drug-likeness (QED) is 0.499. The first-order valence-electron chi connectivity index (χ1n) is 6.36. The highest BCUT2D eigenvalue weighted by Gasteiger charge is 1.98. The van der Waals surface area contributed by atoms with Crippen LogP contribution >= 0.6 is 0 Å². The third-order valence-corrected chi connectivity index (χ3v) is 2.91. The normalized spacial score (nSPS) is 11.3. The molecular weight excluding hydrogens is 234 g/mol. The van der Waals surface area contributed by atoms with Crippen LogP contribution in [0.1, 0.15) is 5.56 Å². The standard InChI is InChI=1S/C16H19N3/c1-3-10-18-16(17-2)19-12-13-8-9-14-6-4-5-7-15(14)11-13/h3-9,11H,1,10,12H2,2H3,(H2,17,18,19). The van der Waals surface area contributed by atoms with E-state index < -0.39 is 0 Å². The fourth-order valence-electron chi connectivity index (χ4n) is 1.92. The number of benzene rings is 2. The number of rotatable bonds is 4. The Labute approximate surface area is 114 Å². The van der Waals surface area contributed by atoms with E-state index in [9.17, 15) is 0 Å². The maximum Gasteiger partial charge on any atom is 0.191 e. The second kappa shape index (κ2) is 6.59. The molecule has 0 spiro atoms. The molecule has 0 saturated carbocycles. The van der Waals surface area contributed by atoms with Gasteiger partial charge in [0.15, 0.2) is 5.96 Å². The Morgan fingerprint density at radius 1 is 1.16 bits per heavy atom. The highest BCUT2D eigenvalue weighted by Crippen LogP contribution is 2.15. The van der Waals surface area contributed by atoms with E-state index in [-0.39, 0.29) is 0 Å². The number of guanidine groups is 1. The molecule has 0 heterocycles. The molecule has 0 amide bonds. The van der Waals surface area contributed by atoms with Crippen LogP contribution < -0.4 is 10.6 Å². The van der Waals surface area contributed by atoms with Gasteiger partial charge in [-0.05, 0) is 22.4 Å². The highest BCUT2D eigenvalue weighted by molar-refractivity contribution is 5.83. The van der Waals surface area contributed by atoms with Gasteiger partial charge in [-0.3, -0.25) is 4.99 Å². The Balaban J connectivity index is 2.03. The number of nitrogens with zero attached hydrogens (tertiary/aromatic N) is 1. The fraction of sp³-hybridized carbons (Fsp3) is 0.188. The molecule has 0 unspecified atom stereocenters. The average Bonchev–Trinajstić information content (AvgIpc) is 2.47. The lowest BCUT2D eigenvalue weighted by molar-refractivity contribution is 0.848. The molecule has 2 aromatic carbocycles. The van der Waals surface area contributed by atoms with Gasteiger partial charge in [0.2, 0.25) is 0 Å². The van der Waals surface area contributed by atoms with Crippen LogP contribution in [0, 0.1) is 0 Å². The largest absolute Gasteiger partial charge is 0.353 e. The van der Waals surface area contributed by atoms with Crippen LogP contribution in [0.2, 0.25) is 0 Å². The minimum atomic E-state index is 0.706. The van der Waals surface area contributed by atoms with Crippen molar-refractivity contribution in [2.45, 2.75) is 6.54 Å². The van der Waals surface area contributed by atoms with Gasteiger partial charge in [0.1, 0.15) is 0 Å². The van der Waals surface area contributed by atoms with Crippen molar-refractivity contribution < 1.29 is 0 Å². The van der Waals surface area contributed by atoms with E-state index in [4.69, 9.17) is 0 Å². The molecule has 19 heavy (non-hydrogen) atoms. The SMILES string of the molecule is C=CCNC(=NC)NCc1ccc2ccccc2c1. The second-order valence-corrected chi connectivity index (χ2v) is 4.28. The second-order valence-electron chi connectivity index (χ2n) is 4.28. The Morgan fingerprint density at radius 2 is 1.95 bits per heavy atom. The van der Waals surface area contributed by atoms with E-state index in [1.807, 2.05) is 6.08 Å². The fourth-order valence-corrected chi connectivity index (χ4v) is 1.92. The summed E-state index contributed by atoms with van der Waals surface area (Å²) in [5.41, 5.74) is 1.24. The van der Waals surface area contributed by atoms with E-state index >= 15 is 0 Å². The third kappa shape index (κ3) is 3.58. The predicted octanol–water partition coefficient (Wildman–Crippen LogP) is 2.69. The van der Waals surface area contributed by atoms with Crippen LogP contribution in [-0.2, 0) is 6.54 Å². The summed E-state index contributed by atoms with van der Waals surface area (Å²) in [4.78, 5) is 4.15. The van der Waals surface area contributed by atoms with Crippen molar-refractivity contribution in [3.8, 4) is 0 Å². The van der Waals surface area contributed by atoms with Crippen LogP contribution in [0.5, 0.6) is 0 Å². The molecule has 2 rings (SSSR count). The van der Waals surface area contributed by atoms with E-state index in [2.05, 4.69) is 64.7 Å². The van der Waals surface area contributed by atoms with Crippen LogP contribution in [-0.4, -0.2) is 19.6 Å². The average molecular weight is 253 g/mol. The van der Waals surface area contributed by atoms with Crippen LogP contribution in [0.25, 0.3) is 10.8 Å². The van der Waals surface area contributed by atoms with Crippen molar-refractivity contribution in [1.82, 2.24) is 10.6 Å². The molecule has 0 aromatic heterocycles. The van der Waals surface area contributed by atoms with Crippen molar-refractivity contribution in [3.05, 3.63) is 60.7 Å². The first-order valence-corrected chi connectivity index (χ1v) is 6.36. The van der Waals surface area contributed by atoms with Crippen LogP contribution in [0.15, 0.2) is 60.1 Å². The number of nitrogens with one attached hydrogen (secondary N) is 2. The van der Waals surface area contributed by atoms with Crippen molar-refractivity contribution in [1.29, 1.82) is 0 Å². The third-order valence-electron chi connectivity index (χ3n) is 2.91. The minimum Gasteiger partial charge on any atom is -0.353 e. The Bertz CT molecular complexity index is 587. The van der Waals surface area contributed by atoms with Gasteiger partial charge in [-0.1, -0.05) is 42.5 Å². The molecule has 0 aliphatic rings. The zero-order valence-electron chi connectivity index (χ0n) is 11.2. The Hall–Kier alpha value is -2.29. The summed E-state index contributed by atoms with van der Waals surface area (Å²) in [6, 6.07) is 14.8. The topological polar surface area (TPSA) is 36.4 Å². The van der Waals surface area contributed by atoms with Crippen molar-refractivity contribution in [3.63, 3.8) is 0 Å². The molecule has 0 aliphatic heterocycles. The van der Waals surface area contributed by atoms with Gasteiger partial charge in [0, 0.05) is 20.1 Å². The maximum atomic E-state index is 4.15. The monoisotopic (exact) mass is 253 g/mol. The Kier molecular flexibility index (Phi) is 4.56. The molecule has 2 N–H and O–H groups in total. The summed E-state index contributed by atoms with van der Waals surface area (Å²) in [5.74, 6) is 0.785. The predicted molar refractivity (Wildman–Crippen MR) is 82.3 cm³/mol. The lowest BCUT2D eigenvalue weighted by Gasteiger charge is -2.10. The van der Waals surface area contributed by atoms with Gasteiger partial charge in [-0.25, -0.2) is 0 Å². The molecular formula is C16H19N3. The van der Waals surface area contributed by atoms with Crippen molar-refractivity contribution >= 4 is 16.7 Å². The molecule has 0 saturated heterocycles. The minimum absolute atomic E-state index is 0.706. The van der Waals surface area contributed by atoms with E-state index in [1.165, 1.54) is 16.3 Å². The number of fused-ring (bicyclic) bond motifs is 1. The summed E-state index contributed by atoms with van der Waals surface area (Å²) in [6.45, 7) is 5.13. The van der Waals surface area contributed by atoms with Gasteiger partial charge in [0.05, 0.1) is 0 Å². The van der Waals surface area contributed by atoms with E-state index in [0.717, 1.165) is 12.5 Å². The van der Waals surface area contributed by atoms with Crippen LogP contribution in [0.3, 0.4) is 0 Å². The molecule has 0 bridgehead atoms. The smallest absolute Gasteiger partial charge is 0.191 e. The summed E-state index contributed by atoms with van der Waals surface area (Å²) >= 11 is 0. The summed E-state index contributed by atoms with van der Waals surface area (Å²) < 4.78 is 0.